The molecule has 3 aromatic rings. The van der Waals surface area contributed by atoms with Crippen molar-refractivity contribution in [1.82, 2.24) is 19.9 Å². The number of halogens is 5. The Labute approximate surface area is 237 Å². The van der Waals surface area contributed by atoms with Crippen molar-refractivity contribution in [3.05, 3.63) is 64.1 Å². The molecule has 2 atom stereocenters. The molecule has 1 aromatic carbocycles. The van der Waals surface area contributed by atoms with Gasteiger partial charge in [-0.1, -0.05) is 0 Å². The molecule has 4 heterocycles. The molecule has 15 heteroatoms. The van der Waals surface area contributed by atoms with Gasteiger partial charge in [0, 0.05) is 55.4 Å². The first-order chi connectivity index (χ1) is 19.9. The summed E-state index contributed by atoms with van der Waals surface area (Å²) < 4.78 is 76.7. The van der Waals surface area contributed by atoms with Crippen LogP contribution in [0.25, 0.3) is 11.1 Å². The molecule has 2 aromatic heterocycles. The third-order valence-corrected chi connectivity index (χ3v) is 7.27. The number of H-pyrrole nitrogens is 1. The second-order valence-corrected chi connectivity index (χ2v) is 10.2. The third-order valence-electron chi connectivity index (χ3n) is 7.27. The minimum Gasteiger partial charge on any atom is -0.378 e. The lowest BCUT2D eigenvalue weighted by Crippen LogP contribution is -2.37. The van der Waals surface area contributed by atoms with Gasteiger partial charge in [0.2, 0.25) is 11.5 Å². The van der Waals surface area contributed by atoms with Gasteiger partial charge in [-0.2, -0.15) is 13.2 Å². The first-order valence-corrected chi connectivity index (χ1v) is 13.1. The van der Waals surface area contributed by atoms with Crippen LogP contribution in [0, 0.1) is 5.82 Å². The summed E-state index contributed by atoms with van der Waals surface area (Å²) in [5.41, 5.74) is -3.06. The number of anilines is 3. The Bertz CT molecular complexity index is 1510. The minimum atomic E-state index is -4.99. The molecule has 2 fully saturated rings. The Morgan fingerprint density at radius 1 is 1.10 bits per heavy atom. The van der Waals surface area contributed by atoms with Gasteiger partial charge in [0.25, 0.3) is 5.91 Å². The molecule has 2 aliphatic rings. The van der Waals surface area contributed by atoms with Gasteiger partial charge in [0.15, 0.2) is 0 Å². The van der Waals surface area contributed by atoms with Crippen LogP contribution in [-0.4, -0.2) is 91.5 Å². The van der Waals surface area contributed by atoms with Gasteiger partial charge < -0.3 is 29.7 Å². The summed E-state index contributed by atoms with van der Waals surface area (Å²) in [5, 5.41) is 2.43. The quantitative estimate of drug-likeness (QED) is 0.420. The average Bonchev–Trinajstić information content (AvgIpc) is 3.35. The Morgan fingerprint density at radius 3 is 2.40 bits per heavy atom. The van der Waals surface area contributed by atoms with E-state index in [1.807, 2.05) is 4.90 Å². The van der Waals surface area contributed by atoms with Crippen LogP contribution in [0.5, 0.6) is 0 Å². The highest BCUT2D eigenvalue weighted by atomic mass is 19.4. The van der Waals surface area contributed by atoms with Gasteiger partial charge in [-0.3, -0.25) is 9.59 Å². The molecule has 224 valence electrons. The number of morpholine rings is 1. The van der Waals surface area contributed by atoms with Crippen molar-refractivity contribution in [3.8, 4) is 11.1 Å². The summed E-state index contributed by atoms with van der Waals surface area (Å²) in [4.78, 5) is 40.6. The predicted molar refractivity (Wildman–Crippen MR) is 145 cm³/mol. The Kier molecular flexibility index (Phi) is 8.14. The third kappa shape index (κ3) is 6.06. The summed E-state index contributed by atoms with van der Waals surface area (Å²) in [6.45, 7) is 2.21. The van der Waals surface area contributed by atoms with Crippen molar-refractivity contribution >= 4 is 23.2 Å². The van der Waals surface area contributed by atoms with E-state index in [1.54, 1.807) is 19.0 Å². The fourth-order valence-electron chi connectivity index (χ4n) is 5.05. The summed E-state index contributed by atoms with van der Waals surface area (Å²) in [7, 11) is 3.39. The van der Waals surface area contributed by atoms with Crippen LogP contribution >= 0.6 is 0 Å². The number of likely N-dealkylation sites (N-methyl/N-ethyl adjacent to an activating group) is 1. The van der Waals surface area contributed by atoms with E-state index in [0.29, 0.717) is 38.4 Å². The molecule has 5 rings (SSSR count). The van der Waals surface area contributed by atoms with Crippen LogP contribution in [0.15, 0.2) is 41.6 Å². The molecule has 0 radical (unpaired) electrons. The number of carbonyl (C=O) groups excluding carboxylic acids is 1. The molecule has 0 spiro atoms. The van der Waals surface area contributed by atoms with E-state index < -0.39 is 46.8 Å². The van der Waals surface area contributed by atoms with Crippen LogP contribution in [-0.2, 0) is 10.9 Å². The van der Waals surface area contributed by atoms with Crippen molar-refractivity contribution in [3.63, 3.8) is 0 Å². The monoisotopic (exact) mass is 593 g/mol. The summed E-state index contributed by atoms with van der Waals surface area (Å²) in [6.07, 6.45) is -2.82. The average molecular weight is 594 g/mol. The Morgan fingerprint density at radius 2 is 1.79 bits per heavy atom. The summed E-state index contributed by atoms with van der Waals surface area (Å²) in [5.74, 6) is -1.50. The number of aromatic amines is 1. The number of nitrogens with one attached hydrogen (secondary N) is 2. The second-order valence-electron chi connectivity index (χ2n) is 10.2. The van der Waals surface area contributed by atoms with E-state index >= 15 is 4.39 Å². The number of benzene rings is 1. The molecular weight excluding hydrogens is 565 g/mol. The molecular formula is C27H28F5N7O3. The number of carbonyl (C=O) groups is 1. The highest BCUT2D eigenvalue weighted by molar-refractivity contribution is 6.07. The van der Waals surface area contributed by atoms with Gasteiger partial charge in [-0.25, -0.2) is 18.7 Å². The van der Waals surface area contributed by atoms with E-state index in [4.69, 9.17) is 4.74 Å². The predicted octanol–water partition coefficient (Wildman–Crippen LogP) is 3.17. The van der Waals surface area contributed by atoms with Crippen LogP contribution < -0.4 is 20.7 Å². The lowest BCUT2D eigenvalue weighted by atomic mass is 10.0. The van der Waals surface area contributed by atoms with E-state index in [0.717, 1.165) is 6.07 Å². The van der Waals surface area contributed by atoms with Gasteiger partial charge >= 0.3 is 6.18 Å². The van der Waals surface area contributed by atoms with Crippen LogP contribution in [0.4, 0.5) is 39.3 Å². The molecule has 10 nitrogen and oxygen atoms in total. The molecule has 2 unspecified atom stereocenters. The minimum absolute atomic E-state index is 0.0276. The fourth-order valence-corrected chi connectivity index (χ4v) is 5.05. The molecule has 1 amide bonds. The van der Waals surface area contributed by atoms with Crippen molar-refractivity contribution in [2.24, 2.45) is 0 Å². The van der Waals surface area contributed by atoms with Crippen molar-refractivity contribution in [2.75, 3.05) is 68.6 Å². The number of aromatic nitrogens is 3. The molecule has 0 saturated carbocycles. The molecule has 0 bridgehead atoms. The first kappa shape index (κ1) is 29.4. The van der Waals surface area contributed by atoms with E-state index in [9.17, 15) is 27.2 Å². The Hall–Kier alpha value is -4.11. The largest absolute Gasteiger partial charge is 0.417 e. The zero-order valence-corrected chi connectivity index (χ0v) is 22.7. The van der Waals surface area contributed by atoms with Crippen LogP contribution in [0.1, 0.15) is 15.9 Å². The van der Waals surface area contributed by atoms with Gasteiger partial charge in [0.1, 0.15) is 12.0 Å². The Balaban J connectivity index is 1.54. The standard InChI is InChI=1S/C27H28F5N7O3/c1-37(2)23-14-39(13-20(23)29)22-9-19(28)16(15-10-34-26(35-11-15)38-3-5-42-6-4-38)7-21(22)36-25(41)17-12-33-24(40)8-18(17)27(30,31)32/h7-12,20,23H,3-6,13-14H2,1-2H3,(H,33,40)(H,36,41). The molecule has 2 saturated heterocycles. The maximum absolute atomic E-state index is 15.6. The second kappa shape index (κ2) is 11.6. The highest BCUT2D eigenvalue weighted by Gasteiger charge is 2.38. The smallest absolute Gasteiger partial charge is 0.378 e. The highest BCUT2D eigenvalue weighted by Crippen LogP contribution is 2.38. The SMILES string of the molecule is CN(C)C1CN(c2cc(F)c(-c3cnc(N4CCOCC4)nc3)cc2NC(=O)c2c[nH]c(=O)cc2C(F)(F)F)CC1F. The van der Waals surface area contributed by atoms with Crippen molar-refractivity contribution < 1.29 is 31.5 Å². The molecule has 42 heavy (non-hydrogen) atoms. The number of amides is 1. The molecule has 2 N–H and O–H groups in total. The number of hydrogen-bond acceptors (Lipinski definition) is 8. The van der Waals surface area contributed by atoms with Crippen molar-refractivity contribution in [2.45, 2.75) is 18.4 Å². The summed E-state index contributed by atoms with van der Waals surface area (Å²) in [6, 6.07) is 2.11. The number of nitrogens with zero attached hydrogens (tertiary/aromatic N) is 5. The maximum atomic E-state index is 15.6. The lowest BCUT2D eigenvalue weighted by Gasteiger charge is -2.26. The normalized spacial score (nSPS) is 19.4. The molecule has 2 aliphatic heterocycles. The van der Waals surface area contributed by atoms with Gasteiger partial charge in [-0.05, 0) is 26.2 Å². The zero-order chi connectivity index (χ0) is 30.2. The van der Waals surface area contributed by atoms with E-state index in [-0.39, 0.29) is 41.7 Å². The maximum Gasteiger partial charge on any atom is 0.417 e. The van der Waals surface area contributed by atoms with Crippen LogP contribution in [0.2, 0.25) is 0 Å². The van der Waals surface area contributed by atoms with E-state index in [2.05, 4.69) is 20.3 Å². The zero-order valence-electron chi connectivity index (χ0n) is 22.7. The van der Waals surface area contributed by atoms with Gasteiger partial charge in [-0.15, -0.1) is 0 Å². The van der Waals surface area contributed by atoms with E-state index in [1.165, 1.54) is 23.4 Å². The van der Waals surface area contributed by atoms with Gasteiger partial charge in [0.05, 0.1) is 48.3 Å². The topological polar surface area (TPSA) is 107 Å². The number of hydrogen-bond donors (Lipinski definition) is 2. The van der Waals surface area contributed by atoms with Crippen molar-refractivity contribution in [1.29, 1.82) is 0 Å². The number of ether oxygens (including phenoxy) is 1. The number of alkyl halides is 4. The molecule has 0 aliphatic carbocycles. The first-order valence-electron chi connectivity index (χ1n) is 13.1. The number of rotatable bonds is 6. The summed E-state index contributed by atoms with van der Waals surface area (Å²) >= 11 is 0. The fraction of sp³-hybridized carbons (Fsp3) is 0.407. The van der Waals surface area contributed by atoms with Crippen LogP contribution in [0.3, 0.4) is 0 Å². The number of pyridine rings is 1. The lowest BCUT2D eigenvalue weighted by molar-refractivity contribution is -0.138.